The van der Waals surface area contributed by atoms with Crippen molar-refractivity contribution < 1.29 is 4.79 Å². The Balaban J connectivity index is 2.12. The number of rotatable bonds is 4. The van der Waals surface area contributed by atoms with Crippen LogP contribution in [-0.4, -0.2) is 15.8 Å². The van der Waals surface area contributed by atoms with Gasteiger partial charge in [-0.05, 0) is 17.7 Å². The molecule has 0 aliphatic rings. The Bertz CT molecular complexity index is 688. The SMILES string of the molecule is O=CC[C@H](c1ccccc1)n1cnc2ccccc21. The lowest BCUT2D eigenvalue weighted by molar-refractivity contribution is -0.108. The number of aldehydes is 1. The molecule has 2 aromatic carbocycles. The van der Waals surface area contributed by atoms with Gasteiger partial charge in [0.25, 0.3) is 0 Å². The number of carbonyl (C=O) groups excluding carboxylic acids is 1. The van der Waals surface area contributed by atoms with Crippen molar-refractivity contribution in [1.29, 1.82) is 0 Å². The average Bonchev–Trinajstić information content (AvgIpc) is 2.89. The molecule has 3 heteroatoms. The lowest BCUT2D eigenvalue weighted by Crippen LogP contribution is -2.10. The summed E-state index contributed by atoms with van der Waals surface area (Å²) in [5.74, 6) is 0. The average molecular weight is 250 g/mol. The van der Waals surface area contributed by atoms with Crippen molar-refractivity contribution in [2.45, 2.75) is 12.5 Å². The van der Waals surface area contributed by atoms with E-state index in [1.54, 1.807) is 0 Å². The maximum absolute atomic E-state index is 11.0. The monoisotopic (exact) mass is 250 g/mol. The molecule has 0 saturated heterocycles. The zero-order valence-corrected chi connectivity index (χ0v) is 10.4. The molecule has 1 atom stereocenters. The van der Waals surface area contributed by atoms with Gasteiger partial charge in [0.05, 0.1) is 23.4 Å². The Morgan fingerprint density at radius 2 is 1.79 bits per heavy atom. The zero-order chi connectivity index (χ0) is 13.1. The van der Waals surface area contributed by atoms with Gasteiger partial charge in [0, 0.05) is 6.42 Å². The van der Waals surface area contributed by atoms with Gasteiger partial charge in [0.2, 0.25) is 0 Å². The maximum Gasteiger partial charge on any atom is 0.122 e. The van der Waals surface area contributed by atoms with E-state index in [9.17, 15) is 4.79 Å². The number of nitrogens with zero attached hydrogens (tertiary/aromatic N) is 2. The molecule has 0 fully saturated rings. The van der Waals surface area contributed by atoms with Gasteiger partial charge >= 0.3 is 0 Å². The number of imidazole rings is 1. The van der Waals surface area contributed by atoms with Crippen LogP contribution in [0.2, 0.25) is 0 Å². The molecule has 1 aromatic heterocycles. The summed E-state index contributed by atoms with van der Waals surface area (Å²) in [6.45, 7) is 0. The lowest BCUT2D eigenvalue weighted by atomic mass is 10.0. The van der Waals surface area contributed by atoms with Gasteiger partial charge in [0.15, 0.2) is 0 Å². The van der Waals surface area contributed by atoms with Crippen molar-refractivity contribution in [3.8, 4) is 0 Å². The summed E-state index contributed by atoms with van der Waals surface area (Å²) in [6.07, 6.45) is 3.22. The molecular formula is C16H14N2O. The molecule has 0 amide bonds. The summed E-state index contributed by atoms with van der Waals surface area (Å²) in [4.78, 5) is 15.4. The molecule has 0 unspecified atom stereocenters. The molecule has 0 aliphatic carbocycles. The number of hydrogen-bond donors (Lipinski definition) is 0. The van der Waals surface area contributed by atoms with Crippen molar-refractivity contribution in [2.24, 2.45) is 0 Å². The molecule has 0 saturated carbocycles. The van der Waals surface area contributed by atoms with Crippen LogP contribution in [0.3, 0.4) is 0 Å². The number of aromatic nitrogens is 2. The van der Waals surface area contributed by atoms with Crippen LogP contribution in [0.15, 0.2) is 60.9 Å². The third-order valence-corrected chi connectivity index (χ3v) is 3.32. The molecule has 94 valence electrons. The molecule has 3 rings (SSSR count). The summed E-state index contributed by atoms with van der Waals surface area (Å²) < 4.78 is 2.07. The van der Waals surface area contributed by atoms with Gasteiger partial charge in [-0.15, -0.1) is 0 Å². The van der Waals surface area contributed by atoms with Crippen LogP contribution in [0, 0.1) is 0 Å². The van der Waals surface area contributed by atoms with E-state index in [4.69, 9.17) is 0 Å². The van der Waals surface area contributed by atoms with Gasteiger partial charge in [-0.25, -0.2) is 4.98 Å². The van der Waals surface area contributed by atoms with Gasteiger partial charge in [0.1, 0.15) is 6.29 Å². The fourth-order valence-corrected chi connectivity index (χ4v) is 2.40. The summed E-state index contributed by atoms with van der Waals surface area (Å²) in [7, 11) is 0. The fraction of sp³-hybridized carbons (Fsp3) is 0.125. The van der Waals surface area contributed by atoms with Crippen LogP contribution in [0.5, 0.6) is 0 Å². The maximum atomic E-state index is 11.0. The van der Waals surface area contributed by atoms with Crippen LogP contribution in [0.25, 0.3) is 11.0 Å². The second-order valence-electron chi connectivity index (χ2n) is 4.47. The van der Waals surface area contributed by atoms with Crippen LogP contribution >= 0.6 is 0 Å². The molecule has 3 nitrogen and oxygen atoms in total. The smallest absolute Gasteiger partial charge is 0.122 e. The first kappa shape index (κ1) is 11.7. The van der Waals surface area contributed by atoms with Crippen LogP contribution in [0.4, 0.5) is 0 Å². The molecule has 0 spiro atoms. The second-order valence-corrected chi connectivity index (χ2v) is 4.47. The molecule has 0 bridgehead atoms. The minimum Gasteiger partial charge on any atom is -0.323 e. The minimum absolute atomic E-state index is 0.00565. The van der Waals surface area contributed by atoms with E-state index in [1.807, 2.05) is 60.9 Å². The highest BCUT2D eigenvalue weighted by Gasteiger charge is 2.15. The molecule has 19 heavy (non-hydrogen) atoms. The lowest BCUT2D eigenvalue weighted by Gasteiger charge is -2.17. The highest BCUT2D eigenvalue weighted by Crippen LogP contribution is 2.25. The number of benzene rings is 2. The molecular weight excluding hydrogens is 236 g/mol. The molecule has 3 aromatic rings. The van der Waals surface area contributed by atoms with Gasteiger partial charge < -0.3 is 9.36 Å². The predicted octanol–water partition coefficient (Wildman–Crippen LogP) is 3.21. The summed E-state index contributed by atoms with van der Waals surface area (Å²) >= 11 is 0. The topological polar surface area (TPSA) is 34.9 Å². The van der Waals surface area contributed by atoms with Crippen LogP contribution in [0.1, 0.15) is 18.0 Å². The number of para-hydroxylation sites is 2. The Kier molecular flexibility index (Phi) is 3.11. The molecule has 0 radical (unpaired) electrons. The van der Waals surface area contributed by atoms with E-state index in [0.29, 0.717) is 6.42 Å². The largest absolute Gasteiger partial charge is 0.323 e. The van der Waals surface area contributed by atoms with Crippen molar-refractivity contribution in [3.05, 3.63) is 66.5 Å². The molecule has 0 N–H and O–H groups in total. The van der Waals surface area contributed by atoms with E-state index in [0.717, 1.165) is 22.9 Å². The Morgan fingerprint density at radius 1 is 1.05 bits per heavy atom. The fourth-order valence-electron chi connectivity index (χ4n) is 2.40. The normalized spacial score (nSPS) is 12.4. The quantitative estimate of drug-likeness (QED) is 0.666. The number of fused-ring (bicyclic) bond motifs is 1. The van der Waals surface area contributed by atoms with Crippen molar-refractivity contribution >= 4 is 17.3 Å². The predicted molar refractivity (Wildman–Crippen MR) is 75.0 cm³/mol. The van der Waals surface area contributed by atoms with Crippen LogP contribution < -0.4 is 0 Å². The first-order valence-corrected chi connectivity index (χ1v) is 6.30. The standard InChI is InChI=1S/C16H14N2O/c19-11-10-15(13-6-2-1-3-7-13)18-12-17-14-8-4-5-9-16(14)18/h1-9,11-12,15H,10H2/t15-/m1/s1. The summed E-state index contributed by atoms with van der Waals surface area (Å²) in [6, 6.07) is 18.0. The van der Waals surface area contributed by atoms with Crippen molar-refractivity contribution in [1.82, 2.24) is 9.55 Å². The van der Waals surface area contributed by atoms with E-state index >= 15 is 0 Å². The number of carbonyl (C=O) groups is 1. The van der Waals surface area contributed by atoms with Gasteiger partial charge in [-0.1, -0.05) is 42.5 Å². The highest BCUT2D eigenvalue weighted by atomic mass is 16.1. The Morgan fingerprint density at radius 3 is 2.58 bits per heavy atom. The first-order chi connectivity index (χ1) is 9.40. The third kappa shape index (κ3) is 2.15. The first-order valence-electron chi connectivity index (χ1n) is 6.30. The third-order valence-electron chi connectivity index (χ3n) is 3.32. The van der Waals surface area contributed by atoms with Gasteiger partial charge in [-0.3, -0.25) is 0 Å². The zero-order valence-electron chi connectivity index (χ0n) is 10.4. The Hall–Kier alpha value is -2.42. The van der Waals surface area contributed by atoms with E-state index in [2.05, 4.69) is 9.55 Å². The van der Waals surface area contributed by atoms with Gasteiger partial charge in [-0.2, -0.15) is 0 Å². The number of hydrogen-bond acceptors (Lipinski definition) is 2. The second kappa shape index (κ2) is 5.06. The summed E-state index contributed by atoms with van der Waals surface area (Å²) in [5.41, 5.74) is 3.13. The highest BCUT2D eigenvalue weighted by molar-refractivity contribution is 5.75. The minimum atomic E-state index is 0.00565. The van der Waals surface area contributed by atoms with E-state index < -0.39 is 0 Å². The van der Waals surface area contributed by atoms with E-state index in [1.165, 1.54) is 0 Å². The van der Waals surface area contributed by atoms with Crippen LogP contribution in [-0.2, 0) is 4.79 Å². The van der Waals surface area contributed by atoms with Crippen molar-refractivity contribution in [2.75, 3.05) is 0 Å². The van der Waals surface area contributed by atoms with Crippen molar-refractivity contribution in [3.63, 3.8) is 0 Å². The molecule has 0 aliphatic heterocycles. The molecule has 1 heterocycles. The Labute approximate surface area is 111 Å². The summed E-state index contributed by atoms with van der Waals surface area (Å²) in [5, 5.41) is 0. The van der Waals surface area contributed by atoms with E-state index in [-0.39, 0.29) is 6.04 Å².